The minimum Gasteiger partial charge on any atom is -0.496 e. The van der Waals surface area contributed by atoms with Crippen molar-refractivity contribution in [1.29, 1.82) is 0 Å². The molecule has 0 unspecified atom stereocenters. The molecule has 0 aliphatic rings. The molecule has 0 heterocycles. The van der Waals surface area contributed by atoms with E-state index in [1.807, 2.05) is 32.0 Å². The highest BCUT2D eigenvalue weighted by Crippen LogP contribution is 2.38. The molecule has 0 atom stereocenters. The molecule has 21 heavy (non-hydrogen) atoms. The van der Waals surface area contributed by atoms with E-state index in [2.05, 4.69) is 0 Å². The lowest BCUT2D eigenvalue weighted by atomic mass is 10.0. The van der Waals surface area contributed by atoms with Crippen LogP contribution in [0, 0.1) is 0 Å². The number of carbonyl (C=O) groups excluding carboxylic acids is 1. The van der Waals surface area contributed by atoms with Crippen LogP contribution in [-0.2, 0) is 4.79 Å². The van der Waals surface area contributed by atoms with E-state index in [9.17, 15) is 4.79 Å². The second kappa shape index (κ2) is 7.94. The lowest BCUT2D eigenvalue weighted by Gasteiger charge is -2.13. The topological polar surface area (TPSA) is 61.5 Å². The van der Waals surface area contributed by atoms with Crippen LogP contribution in [0.5, 0.6) is 11.5 Å². The molecule has 2 N–H and O–H groups in total. The lowest BCUT2D eigenvalue weighted by molar-refractivity contribution is -0.131. The number of ether oxygens (including phenoxy) is 2. The normalized spacial score (nSPS) is 9.33. The van der Waals surface area contributed by atoms with Gasteiger partial charge in [-0.3, -0.25) is 4.79 Å². The van der Waals surface area contributed by atoms with Crippen molar-refractivity contribution < 1.29 is 14.3 Å². The van der Waals surface area contributed by atoms with E-state index < -0.39 is 0 Å². The molecule has 0 aliphatic heterocycles. The molecule has 0 aromatic heterocycles. The Hall–Kier alpha value is -2.49. The van der Waals surface area contributed by atoms with Gasteiger partial charge in [-0.1, -0.05) is 32.0 Å². The first-order chi connectivity index (χ1) is 10.1. The van der Waals surface area contributed by atoms with Crippen molar-refractivity contribution in [3.8, 4) is 22.6 Å². The van der Waals surface area contributed by atoms with E-state index in [4.69, 9.17) is 15.2 Å². The Labute approximate surface area is 125 Å². The summed E-state index contributed by atoms with van der Waals surface area (Å²) in [4.78, 5) is 11.2. The highest BCUT2D eigenvalue weighted by molar-refractivity contribution is 5.81. The SMILES string of the molecule is CC.COc1cccc(OC(C)=O)c1-c1ccc(N)cc1. The Kier molecular flexibility index (Phi) is 6.27. The van der Waals surface area contributed by atoms with Crippen molar-refractivity contribution in [2.45, 2.75) is 20.8 Å². The molecule has 0 bridgehead atoms. The van der Waals surface area contributed by atoms with Gasteiger partial charge in [0.2, 0.25) is 0 Å². The Bertz CT molecular complexity index is 591. The largest absolute Gasteiger partial charge is 0.496 e. The van der Waals surface area contributed by atoms with E-state index >= 15 is 0 Å². The van der Waals surface area contributed by atoms with Crippen LogP contribution >= 0.6 is 0 Å². The number of hydrogen-bond acceptors (Lipinski definition) is 4. The minimum atomic E-state index is -0.370. The van der Waals surface area contributed by atoms with Gasteiger partial charge < -0.3 is 15.2 Å². The molecule has 0 amide bonds. The molecule has 0 spiro atoms. The van der Waals surface area contributed by atoms with Crippen LogP contribution in [0.2, 0.25) is 0 Å². The summed E-state index contributed by atoms with van der Waals surface area (Å²) in [7, 11) is 1.58. The maximum atomic E-state index is 11.2. The van der Waals surface area contributed by atoms with Crippen molar-refractivity contribution in [3.05, 3.63) is 42.5 Å². The summed E-state index contributed by atoms with van der Waals surface area (Å²) in [6, 6.07) is 12.6. The zero-order valence-corrected chi connectivity index (χ0v) is 12.8. The summed E-state index contributed by atoms with van der Waals surface area (Å²) in [6.07, 6.45) is 0. The van der Waals surface area contributed by atoms with Crippen LogP contribution in [0.3, 0.4) is 0 Å². The average molecular weight is 287 g/mol. The monoisotopic (exact) mass is 287 g/mol. The number of rotatable bonds is 3. The number of hydrogen-bond donors (Lipinski definition) is 1. The van der Waals surface area contributed by atoms with Crippen LogP contribution in [0.25, 0.3) is 11.1 Å². The summed E-state index contributed by atoms with van der Waals surface area (Å²) >= 11 is 0. The zero-order valence-electron chi connectivity index (χ0n) is 12.8. The van der Waals surface area contributed by atoms with E-state index in [-0.39, 0.29) is 5.97 Å². The molecular formula is C17H21NO3. The molecule has 2 rings (SSSR count). The fourth-order valence-corrected chi connectivity index (χ4v) is 1.86. The van der Waals surface area contributed by atoms with Crippen LogP contribution < -0.4 is 15.2 Å². The van der Waals surface area contributed by atoms with Gasteiger partial charge in [-0.05, 0) is 29.8 Å². The summed E-state index contributed by atoms with van der Waals surface area (Å²) in [5, 5.41) is 0. The van der Waals surface area contributed by atoms with E-state index in [0.29, 0.717) is 17.2 Å². The Balaban J connectivity index is 0.00000106. The highest BCUT2D eigenvalue weighted by atomic mass is 16.5. The number of anilines is 1. The van der Waals surface area contributed by atoms with Crippen molar-refractivity contribution in [3.63, 3.8) is 0 Å². The Morgan fingerprint density at radius 2 is 1.57 bits per heavy atom. The van der Waals surface area contributed by atoms with E-state index in [1.165, 1.54) is 6.92 Å². The number of esters is 1. The van der Waals surface area contributed by atoms with Gasteiger partial charge in [0.1, 0.15) is 11.5 Å². The quantitative estimate of drug-likeness (QED) is 0.528. The minimum absolute atomic E-state index is 0.370. The Morgan fingerprint density at radius 1 is 1.00 bits per heavy atom. The number of carbonyl (C=O) groups is 1. The van der Waals surface area contributed by atoms with Crippen LogP contribution in [0.1, 0.15) is 20.8 Å². The zero-order chi connectivity index (χ0) is 15.8. The van der Waals surface area contributed by atoms with Gasteiger partial charge in [-0.15, -0.1) is 0 Å². The van der Waals surface area contributed by atoms with Crippen molar-refractivity contribution in [2.75, 3.05) is 12.8 Å². The molecule has 4 heteroatoms. The maximum Gasteiger partial charge on any atom is 0.308 e. The first-order valence-corrected chi connectivity index (χ1v) is 6.83. The van der Waals surface area contributed by atoms with Gasteiger partial charge in [-0.2, -0.15) is 0 Å². The molecule has 2 aromatic rings. The summed E-state index contributed by atoms with van der Waals surface area (Å²) in [6.45, 7) is 5.37. The van der Waals surface area contributed by atoms with Crippen LogP contribution in [0.15, 0.2) is 42.5 Å². The second-order valence-electron chi connectivity index (χ2n) is 4.05. The number of nitrogen functional groups attached to an aromatic ring is 1. The average Bonchev–Trinajstić information content (AvgIpc) is 2.49. The van der Waals surface area contributed by atoms with Crippen LogP contribution in [-0.4, -0.2) is 13.1 Å². The third-order valence-corrected chi connectivity index (χ3v) is 2.66. The fraction of sp³-hybridized carbons (Fsp3) is 0.235. The first kappa shape index (κ1) is 16.6. The predicted molar refractivity (Wildman–Crippen MR) is 85.5 cm³/mol. The number of methoxy groups -OCH3 is 1. The van der Waals surface area contributed by atoms with Crippen molar-refractivity contribution in [2.24, 2.45) is 0 Å². The molecule has 0 aliphatic carbocycles. The van der Waals surface area contributed by atoms with Gasteiger partial charge in [0, 0.05) is 12.6 Å². The van der Waals surface area contributed by atoms with Gasteiger partial charge >= 0.3 is 5.97 Å². The molecule has 4 nitrogen and oxygen atoms in total. The highest BCUT2D eigenvalue weighted by Gasteiger charge is 2.13. The molecule has 0 radical (unpaired) electrons. The number of nitrogens with two attached hydrogens (primary N) is 1. The van der Waals surface area contributed by atoms with Gasteiger partial charge in [0.15, 0.2) is 0 Å². The van der Waals surface area contributed by atoms with Crippen molar-refractivity contribution >= 4 is 11.7 Å². The summed E-state index contributed by atoms with van der Waals surface area (Å²) in [5.74, 6) is 0.741. The Morgan fingerprint density at radius 3 is 2.10 bits per heavy atom. The molecule has 0 fully saturated rings. The standard InChI is InChI=1S/C15H15NO3.C2H6/c1-10(17)19-14-5-3-4-13(18-2)15(14)11-6-8-12(16)9-7-11;1-2/h3-9H,16H2,1-2H3;1-2H3. The first-order valence-electron chi connectivity index (χ1n) is 6.83. The lowest BCUT2D eigenvalue weighted by Crippen LogP contribution is -2.03. The third-order valence-electron chi connectivity index (χ3n) is 2.66. The molecular weight excluding hydrogens is 266 g/mol. The molecule has 2 aromatic carbocycles. The van der Waals surface area contributed by atoms with Crippen LogP contribution in [0.4, 0.5) is 5.69 Å². The van der Waals surface area contributed by atoms with Gasteiger partial charge in [0.05, 0.1) is 12.7 Å². The van der Waals surface area contributed by atoms with E-state index in [1.54, 1.807) is 31.4 Å². The summed E-state index contributed by atoms with van der Waals surface area (Å²) in [5.41, 5.74) is 7.97. The predicted octanol–water partition coefficient (Wildman–Crippen LogP) is 3.90. The van der Waals surface area contributed by atoms with Gasteiger partial charge in [0.25, 0.3) is 0 Å². The van der Waals surface area contributed by atoms with Crippen molar-refractivity contribution in [1.82, 2.24) is 0 Å². The summed E-state index contributed by atoms with van der Waals surface area (Å²) < 4.78 is 10.6. The van der Waals surface area contributed by atoms with Gasteiger partial charge in [-0.25, -0.2) is 0 Å². The molecule has 112 valence electrons. The molecule has 0 saturated carbocycles. The van der Waals surface area contributed by atoms with E-state index in [0.717, 1.165) is 11.1 Å². The smallest absolute Gasteiger partial charge is 0.308 e. The third kappa shape index (κ3) is 4.24. The fourth-order valence-electron chi connectivity index (χ4n) is 1.86. The maximum absolute atomic E-state index is 11.2. The molecule has 0 saturated heterocycles. The number of benzene rings is 2. The second-order valence-corrected chi connectivity index (χ2v) is 4.05.